The summed E-state index contributed by atoms with van der Waals surface area (Å²) in [7, 11) is 1.60. The van der Waals surface area contributed by atoms with E-state index >= 15 is 0 Å². The van der Waals surface area contributed by atoms with Gasteiger partial charge in [-0.25, -0.2) is 0 Å². The SMILES string of the molecule is COc1ccc(CC(=O)[C@@H]2C[C@H](C)CC[C@H]2C(C)C)cc1Cl. The molecular formula is C19H27ClO2. The number of halogens is 1. The van der Waals surface area contributed by atoms with Crippen LogP contribution in [0.15, 0.2) is 18.2 Å². The number of hydrogen-bond acceptors (Lipinski definition) is 2. The monoisotopic (exact) mass is 322 g/mol. The molecule has 0 amide bonds. The largest absolute Gasteiger partial charge is 0.495 e. The zero-order valence-electron chi connectivity index (χ0n) is 14.1. The highest BCUT2D eigenvalue weighted by molar-refractivity contribution is 6.32. The maximum atomic E-state index is 12.8. The summed E-state index contributed by atoms with van der Waals surface area (Å²) in [6, 6.07) is 5.64. The summed E-state index contributed by atoms with van der Waals surface area (Å²) in [5, 5.41) is 0.574. The number of benzene rings is 1. The lowest BCUT2D eigenvalue weighted by atomic mass is 9.68. The average molecular weight is 323 g/mol. The zero-order chi connectivity index (χ0) is 16.3. The molecule has 1 saturated carbocycles. The van der Waals surface area contributed by atoms with Gasteiger partial charge in [-0.05, 0) is 48.3 Å². The van der Waals surface area contributed by atoms with Gasteiger partial charge in [-0.1, -0.05) is 44.9 Å². The number of rotatable bonds is 5. The second kappa shape index (κ2) is 7.50. The van der Waals surface area contributed by atoms with Gasteiger partial charge in [0.05, 0.1) is 12.1 Å². The molecule has 1 aromatic rings. The van der Waals surface area contributed by atoms with Gasteiger partial charge in [-0.2, -0.15) is 0 Å². The lowest BCUT2D eigenvalue weighted by Crippen LogP contribution is -2.34. The Morgan fingerprint density at radius 2 is 2.09 bits per heavy atom. The van der Waals surface area contributed by atoms with Gasteiger partial charge >= 0.3 is 0 Å². The Labute approximate surface area is 139 Å². The quantitative estimate of drug-likeness (QED) is 0.747. The fraction of sp³-hybridized carbons (Fsp3) is 0.632. The number of Topliss-reactive ketones (excluding diaryl/α,β-unsaturated/α-hetero) is 1. The highest BCUT2D eigenvalue weighted by atomic mass is 35.5. The van der Waals surface area contributed by atoms with E-state index in [9.17, 15) is 4.79 Å². The predicted octanol–water partition coefficient (Wildman–Crippen LogP) is 5.17. The zero-order valence-corrected chi connectivity index (χ0v) is 14.8. The molecule has 1 aromatic carbocycles. The minimum atomic E-state index is 0.199. The number of carbonyl (C=O) groups is 1. The third kappa shape index (κ3) is 4.04. The number of carbonyl (C=O) groups excluding carboxylic acids is 1. The number of hydrogen-bond donors (Lipinski definition) is 0. The fourth-order valence-corrected chi connectivity index (χ4v) is 4.00. The molecule has 0 unspecified atom stereocenters. The summed E-state index contributed by atoms with van der Waals surface area (Å²) in [5.41, 5.74) is 0.983. The van der Waals surface area contributed by atoms with Crippen LogP contribution in [-0.4, -0.2) is 12.9 Å². The van der Waals surface area contributed by atoms with Gasteiger partial charge in [0.15, 0.2) is 0 Å². The van der Waals surface area contributed by atoms with E-state index in [2.05, 4.69) is 20.8 Å². The van der Waals surface area contributed by atoms with Crippen molar-refractivity contribution in [2.45, 2.75) is 46.5 Å². The number of ketones is 1. The highest BCUT2D eigenvalue weighted by Crippen LogP contribution is 2.39. The van der Waals surface area contributed by atoms with E-state index in [0.717, 1.165) is 12.0 Å². The van der Waals surface area contributed by atoms with Crippen molar-refractivity contribution in [3.05, 3.63) is 28.8 Å². The number of ether oxygens (including phenoxy) is 1. The molecule has 0 bridgehead atoms. The van der Waals surface area contributed by atoms with Crippen molar-refractivity contribution in [2.75, 3.05) is 7.11 Å². The molecule has 3 atom stereocenters. The van der Waals surface area contributed by atoms with Crippen LogP contribution in [0.25, 0.3) is 0 Å². The lowest BCUT2D eigenvalue weighted by molar-refractivity contribution is -0.126. The smallest absolute Gasteiger partial charge is 0.140 e. The van der Waals surface area contributed by atoms with Crippen LogP contribution in [0.1, 0.15) is 45.6 Å². The normalized spacial score (nSPS) is 25.3. The third-order valence-electron chi connectivity index (χ3n) is 5.03. The lowest BCUT2D eigenvalue weighted by Gasteiger charge is -2.36. The second-order valence-electron chi connectivity index (χ2n) is 7.04. The van der Waals surface area contributed by atoms with Crippen LogP contribution in [0.4, 0.5) is 0 Å². The molecule has 0 aliphatic heterocycles. The molecule has 122 valence electrons. The first-order valence-corrected chi connectivity index (χ1v) is 8.65. The molecule has 0 spiro atoms. The van der Waals surface area contributed by atoms with Crippen molar-refractivity contribution in [1.82, 2.24) is 0 Å². The van der Waals surface area contributed by atoms with Gasteiger partial charge < -0.3 is 4.74 Å². The minimum Gasteiger partial charge on any atom is -0.495 e. The van der Waals surface area contributed by atoms with Crippen molar-refractivity contribution in [3.8, 4) is 5.75 Å². The van der Waals surface area contributed by atoms with Crippen LogP contribution in [0, 0.1) is 23.7 Å². The van der Waals surface area contributed by atoms with Crippen LogP contribution in [0.3, 0.4) is 0 Å². The van der Waals surface area contributed by atoms with Crippen LogP contribution in [0.2, 0.25) is 5.02 Å². The van der Waals surface area contributed by atoms with Crippen LogP contribution in [0.5, 0.6) is 5.75 Å². The first-order chi connectivity index (χ1) is 10.4. The van der Waals surface area contributed by atoms with E-state index in [1.807, 2.05) is 18.2 Å². The molecule has 1 fully saturated rings. The maximum absolute atomic E-state index is 12.8. The van der Waals surface area contributed by atoms with Crippen molar-refractivity contribution in [3.63, 3.8) is 0 Å². The van der Waals surface area contributed by atoms with Gasteiger partial charge in [-0.3, -0.25) is 4.79 Å². The Bertz CT molecular complexity index is 524. The van der Waals surface area contributed by atoms with Gasteiger partial charge in [0.1, 0.15) is 11.5 Å². The Morgan fingerprint density at radius 1 is 1.36 bits per heavy atom. The molecule has 1 aliphatic rings. The molecule has 2 rings (SSSR count). The standard InChI is InChI=1S/C19H27ClO2/c1-12(2)15-7-5-13(3)9-16(15)18(21)11-14-6-8-19(22-4)17(20)10-14/h6,8,10,12-13,15-16H,5,7,9,11H2,1-4H3/t13-,15+,16-/m1/s1. The average Bonchev–Trinajstić information content (AvgIpc) is 2.47. The van der Waals surface area contributed by atoms with Crippen LogP contribution in [-0.2, 0) is 11.2 Å². The summed E-state index contributed by atoms with van der Waals surface area (Å²) in [4.78, 5) is 12.8. The summed E-state index contributed by atoms with van der Waals surface area (Å²) < 4.78 is 5.17. The highest BCUT2D eigenvalue weighted by Gasteiger charge is 2.34. The van der Waals surface area contributed by atoms with E-state index in [0.29, 0.717) is 40.7 Å². The van der Waals surface area contributed by atoms with Crippen LogP contribution >= 0.6 is 11.6 Å². The molecule has 0 heterocycles. The van der Waals surface area contributed by atoms with Gasteiger partial charge in [0, 0.05) is 12.3 Å². The Morgan fingerprint density at radius 3 is 2.68 bits per heavy atom. The van der Waals surface area contributed by atoms with E-state index in [1.54, 1.807) is 7.11 Å². The van der Waals surface area contributed by atoms with Gasteiger partial charge in [0.2, 0.25) is 0 Å². The molecule has 0 aromatic heterocycles. The van der Waals surface area contributed by atoms with E-state index in [-0.39, 0.29) is 5.92 Å². The second-order valence-corrected chi connectivity index (χ2v) is 7.45. The Kier molecular flexibility index (Phi) is 5.91. The van der Waals surface area contributed by atoms with Gasteiger partial charge in [0.25, 0.3) is 0 Å². The van der Waals surface area contributed by atoms with Gasteiger partial charge in [-0.15, -0.1) is 0 Å². The van der Waals surface area contributed by atoms with Crippen molar-refractivity contribution in [1.29, 1.82) is 0 Å². The van der Waals surface area contributed by atoms with Crippen molar-refractivity contribution in [2.24, 2.45) is 23.7 Å². The third-order valence-corrected chi connectivity index (χ3v) is 5.33. The summed E-state index contributed by atoms with van der Waals surface area (Å²) in [6.07, 6.45) is 3.94. The van der Waals surface area contributed by atoms with Crippen molar-refractivity contribution < 1.29 is 9.53 Å². The molecule has 0 N–H and O–H groups in total. The maximum Gasteiger partial charge on any atom is 0.140 e. The summed E-state index contributed by atoms with van der Waals surface area (Å²) in [5.74, 6) is 2.97. The van der Waals surface area contributed by atoms with E-state index < -0.39 is 0 Å². The molecule has 2 nitrogen and oxygen atoms in total. The molecule has 0 saturated heterocycles. The molecular weight excluding hydrogens is 296 g/mol. The van der Waals surface area contributed by atoms with Crippen LogP contribution < -0.4 is 4.74 Å². The first kappa shape index (κ1) is 17.3. The minimum absolute atomic E-state index is 0.199. The topological polar surface area (TPSA) is 26.3 Å². The van der Waals surface area contributed by atoms with Crippen molar-refractivity contribution >= 4 is 17.4 Å². The summed E-state index contributed by atoms with van der Waals surface area (Å²) >= 11 is 6.16. The predicted molar refractivity (Wildman–Crippen MR) is 91.5 cm³/mol. The first-order valence-electron chi connectivity index (χ1n) is 8.27. The Balaban J connectivity index is 2.10. The van der Waals surface area contributed by atoms with E-state index in [4.69, 9.17) is 16.3 Å². The summed E-state index contributed by atoms with van der Waals surface area (Å²) in [6.45, 7) is 6.75. The Hall–Kier alpha value is -1.02. The molecule has 0 radical (unpaired) electrons. The molecule has 1 aliphatic carbocycles. The molecule has 22 heavy (non-hydrogen) atoms. The van der Waals surface area contributed by atoms with E-state index in [1.165, 1.54) is 12.8 Å². The molecule has 3 heteroatoms. The fourth-order valence-electron chi connectivity index (χ4n) is 3.72. The number of methoxy groups -OCH3 is 1.